The van der Waals surface area contributed by atoms with Crippen LogP contribution in [0, 0.1) is 0 Å². The number of rotatable bonds is 5. The molecule has 1 aromatic rings. The lowest BCUT2D eigenvalue weighted by molar-refractivity contribution is 0.671. The first-order valence-electron chi connectivity index (χ1n) is 5.07. The monoisotopic (exact) mass is 230 g/mol. The molecule has 2 heteroatoms. The maximum Gasteiger partial charge on any atom is 0.0406 e. The van der Waals surface area contributed by atoms with Crippen LogP contribution in [0.25, 0.3) is 0 Å². The van der Waals surface area contributed by atoms with Gasteiger partial charge in [-0.3, -0.25) is 0 Å². The van der Waals surface area contributed by atoms with Gasteiger partial charge in [0.15, 0.2) is 0 Å². The third kappa shape index (κ3) is 4.88. The van der Waals surface area contributed by atoms with Gasteiger partial charge in [0.25, 0.3) is 0 Å². The van der Waals surface area contributed by atoms with Crippen LogP contribution in [0.3, 0.4) is 0 Å². The van der Waals surface area contributed by atoms with E-state index in [4.69, 9.17) is 23.2 Å². The van der Waals surface area contributed by atoms with Crippen LogP contribution in [0.15, 0.2) is 24.3 Å². The molecular formula is C12H16Cl2. The summed E-state index contributed by atoms with van der Waals surface area (Å²) in [5.41, 5.74) is 1.36. The van der Waals surface area contributed by atoms with Gasteiger partial charge in [-0.25, -0.2) is 0 Å². The van der Waals surface area contributed by atoms with Crippen molar-refractivity contribution in [3.05, 3.63) is 34.9 Å². The number of aryl methyl sites for hydroxylation is 1. The minimum Gasteiger partial charge on any atom is -0.123 e. The SMILES string of the molecule is CC(Cl)CCCCc1ccc(Cl)cc1. The van der Waals surface area contributed by atoms with E-state index in [0.29, 0.717) is 5.38 Å². The van der Waals surface area contributed by atoms with Crippen molar-refractivity contribution in [1.82, 2.24) is 0 Å². The van der Waals surface area contributed by atoms with Crippen LogP contribution >= 0.6 is 23.2 Å². The quantitative estimate of drug-likeness (QED) is 0.509. The third-order valence-electron chi connectivity index (χ3n) is 2.23. The molecule has 0 spiro atoms. The highest BCUT2D eigenvalue weighted by Gasteiger charge is 1.97. The predicted octanol–water partition coefficient (Wildman–Crippen LogP) is 4.68. The molecule has 78 valence electrons. The van der Waals surface area contributed by atoms with E-state index < -0.39 is 0 Å². The van der Waals surface area contributed by atoms with E-state index in [1.807, 2.05) is 19.1 Å². The standard InChI is InChI=1S/C12H16Cl2/c1-10(13)4-2-3-5-11-6-8-12(14)9-7-11/h6-10H,2-5H2,1H3. The summed E-state index contributed by atoms with van der Waals surface area (Å²) < 4.78 is 0. The molecule has 14 heavy (non-hydrogen) atoms. The predicted molar refractivity (Wildman–Crippen MR) is 64.3 cm³/mol. The largest absolute Gasteiger partial charge is 0.123 e. The van der Waals surface area contributed by atoms with Gasteiger partial charge in [-0.15, -0.1) is 11.6 Å². The van der Waals surface area contributed by atoms with Gasteiger partial charge in [-0.05, 0) is 43.9 Å². The van der Waals surface area contributed by atoms with E-state index in [-0.39, 0.29) is 0 Å². The topological polar surface area (TPSA) is 0 Å². The van der Waals surface area contributed by atoms with Gasteiger partial charge < -0.3 is 0 Å². The van der Waals surface area contributed by atoms with Crippen LogP contribution in [-0.4, -0.2) is 5.38 Å². The molecule has 0 fully saturated rings. The van der Waals surface area contributed by atoms with E-state index >= 15 is 0 Å². The van der Waals surface area contributed by atoms with Gasteiger partial charge >= 0.3 is 0 Å². The molecule has 0 aliphatic carbocycles. The number of unbranched alkanes of at least 4 members (excludes halogenated alkanes) is 1. The van der Waals surface area contributed by atoms with Crippen LogP contribution in [-0.2, 0) is 6.42 Å². The van der Waals surface area contributed by atoms with Gasteiger partial charge in [0.1, 0.15) is 0 Å². The normalized spacial score (nSPS) is 12.8. The smallest absolute Gasteiger partial charge is 0.0406 e. The molecule has 0 saturated carbocycles. The zero-order valence-electron chi connectivity index (χ0n) is 8.47. The minimum atomic E-state index is 0.306. The fraction of sp³-hybridized carbons (Fsp3) is 0.500. The Bertz CT molecular complexity index is 252. The van der Waals surface area contributed by atoms with E-state index in [2.05, 4.69) is 12.1 Å². The Labute approximate surface area is 96.2 Å². The zero-order chi connectivity index (χ0) is 10.4. The molecule has 0 amide bonds. The van der Waals surface area contributed by atoms with Crippen LogP contribution in [0.2, 0.25) is 5.02 Å². The van der Waals surface area contributed by atoms with E-state index in [1.165, 1.54) is 18.4 Å². The van der Waals surface area contributed by atoms with Gasteiger partial charge in [0, 0.05) is 10.4 Å². The van der Waals surface area contributed by atoms with Crippen LogP contribution in [0.4, 0.5) is 0 Å². The molecule has 1 rings (SSSR count). The fourth-order valence-corrected chi connectivity index (χ4v) is 1.69. The first-order valence-corrected chi connectivity index (χ1v) is 5.88. The Morgan fingerprint density at radius 3 is 2.36 bits per heavy atom. The Morgan fingerprint density at radius 2 is 1.79 bits per heavy atom. The van der Waals surface area contributed by atoms with E-state index in [0.717, 1.165) is 17.9 Å². The van der Waals surface area contributed by atoms with Crippen molar-refractivity contribution in [2.45, 2.75) is 38.0 Å². The lowest BCUT2D eigenvalue weighted by Crippen LogP contribution is -1.92. The van der Waals surface area contributed by atoms with Crippen molar-refractivity contribution in [3.8, 4) is 0 Å². The molecule has 1 unspecified atom stereocenters. The summed E-state index contributed by atoms with van der Waals surface area (Å²) in [7, 11) is 0. The van der Waals surface area contributed by atoms with Crippen molar-refractivity contribution in [2.24, 2.45) is 0 Å². The molecule has 0 aliphatic rings. The van der Waals surface area contributed by atoms with Crippen LogP contribution in [0.1, 0.15) is 31.7 Å². The lowest BCUT2D eigenvalue weighted by Gasteiger charge is -2.03. The van der Waals surface area contributed by atoms with Gasteiger partial charge in [0.05, 0.1) is 0 Å². The molecule has 1 atom stereocenters. The van der Waals surface area contributed by atoms with Crippen LogP contribution < -0.4 is 0 Å². The van der Waals surface area contributed by atoms with Crippen molar-refractivity contribution < 1.29 is 0 Å². The molecule has 0 aliphatic heterocycles. The summed E-state index contributed by atoms with van der Waals surface area (Å²) in [6, 6.07) is 8.07. The average molecular weight is 231 g/mol. The highest BCUT2D eigenvalue weighted by atomic mass is 35.5. The van der Waals surface area contributed by atoms with E-state index in [9.17, 15) is 0 Å². The van der Waals surface area contributed by atoms with E-state index in [1.54, 1.807) is 0 Å². The highest BCUT2D eigenvalue weighted by molar-refractivity contribution is 6.30. The average Bonchev–Trinajstić information content (AvgIpc) is 2.15. The molecule has 0 N–H and O–H groups in total. The Hall–Kier alpha value is -0.200. The van der Waals surface area contributed by atoms with Gasteiger partial charge in [-0.2, -0.15) is 0 Å². The van der Waals surface area contributed by atoms with Crippen molar-refractivity contribution in [1.29, 1.82) is 0 Å². The third-order valence-corrected chi connectivity index (χ3v) is 2.70. The second kappa shape index (κ2) is 6.31. The second-order valence-electron chi connectivity index (χ2n) is 3.65. The Kier molecular flexibility index (Phi) is 5.36. The molecule has 0 nitrogen and oxygen atoms in total. The summed E-state index contributed by atoms with van der Waals surface area (Å²) in [5.74, 6) is 0. The summed E-state index contributed by atoms with van der Waals surface area (Å²) in [6.45, 7) is 2.05. The summed E-state index contributed by atoms with van der Waals surface area (Å²) in [6.07, 6.45) is 4.64. The molecular weight excluding hydrogens is 215 g/mol. The van der Waals surface area contributed by atoms with Crippen molar-refractivity contribution in [3.63, 3.8) is 0 Å². The zero-order valence-corrected chi connectivity index (χ0v) is 9.98. The Morgan fingerprint density at radius 1 is 1.14 bits per heavy atom. The molecule has 0 heterocycles. The molecule has 0 aromatic heterocycles. The fourth-order valence-electron chi connectivity index (χ4n) is 1.41. The lowest BCUT2D eigenvalue weighted by atomic mass is 10.1. The van der Waals surface area contributed by atoms with Crippen molar-refractivity contribution in [2.75, 3.05) is 0 Å². The van der Waals surface area contributed by atoms with Gasteiger partial charge in [0.2, 0.25) is 0 Å². The van der Waals surface area contributed by atoms with Gasteiger partial charge in [-0.1, -0.05) is 30.2 Å². The Balaban J connectivity index is 2.21. The number of hydrogen-bond donors (Lipinski definition) is 0. The molecule has 0 bridgehead atoms. The van der Waals surface area contributed by atoms with Crippen molar-refractivity contribution >= 4 is 23.2 Å². The number of benzene rings is 1. The summed E-state index contributed by atoms with van der Waals surface area (Å²) in [5, 5.41) is 1.11. The maximum atomic E-state index is 5.86. The summed E-state index contributed by atoms with van der Waals surface area (Å²) >= 11 is 11.7. The molecule has 0 saturated heterocycles. The maximum absolute atomic E-state index is 5.86. The first kappa shape index (κ1) is 11.9. The molecule has 1 aromatic carbocycles. The first-order chi connectivity index (χ1) is 6.68. The highest BCUT2D eigenvalue weighted by Crippen LogP contribution is 2.13. The van der Waals surface area contributed by atoms with Crippen LogP contribution in [0.5, 0.6) is 0 Å². The second-order valence-corrected chi connectivity index (χ2v) is 4.83. The number of hydrogen-bond acceptors (Lipinski definition) is 0. The number of halogens is 2. The minimum absolute atomic E-state index is 0.306. The molecule has 0 radical (unpaired) electrons. The summed E-state index contributed by atoms with van der Waals surface area (Å²) in [4.78, 5) is 0. The number of alkyl halides is 1.